The van der Waals surface area contributed by atoms with Gasteiger partial charge in [0.1, 0.15) is 0 Å². The summed E-state index contributed by atoms with van der Waals surface area (Å²) in [6, 6.07) is 0.229. The van der Waals surface area contributed by atoms with E-state index in [4.69, 9.17) is 0 Å². The molecular weight excluding hydrogens is 266 g/mol. The first-order valence-corrected chi connectivity index (χ1v) is 8.03. The Hall–Kier alpha value is -1.36. The molecule has 0 aromatic rings. The maximum atomic E-state index is 11.9. The van der Waals surface area contributed by atoms with Crippen LogP contribution >= 0.6 is 0 Å². The van der Waals surface area contributed by atoms with E-state index in [1.165, 1.54) is 0 Å². The van der Waals surface area contributed by atoms with Crippen molar-refractivity contribution in [2.24, 2.45) is 0 Å². The van der Waals surface area contributed by atoms with Crippen molar-refractivity contribution in [3.8, 4) is 0 Å². The van der Waals surface area contributed by atoms with Gasteiger partial charge in [-0.05, 0) is 32.6 Å². The van der Waals surface area contributed by atoms with E-state index in [2.05, 4.69) is 15.5 Å². The van der Waals surface area contributed by atoms with Gasteiger partial charge in [-0.3, -0.25) is 14.5 Å². The predicted octanol–water partition coefficient (Wildman–Crippen LogP) is 1.45. The Morgan fingerprint density at radius 1 is 1.24 bits per heavy atom. The molecule has 1 aliphatic heterocycles. The molecule has 1 fully saturated rings. The number of rotatable bonds is 7. The van der Waals surface area contributed by atoms with Gasteiger partial charge in [-0.1, -0.05) is 19.9 Å². The topological polar surface area (TPSA) is 61.4 Å². The standard InChI is InChI=1S/C16H29N3O2/c1-4-6-13(3)16(21)18-14-7-10-19(11-8-14)12-15(20)17-9-5-2/h6,14H,4-5,7-12H2,1-3H3,(H,17,20)(H,18,21)/b13-6+. The molecule has 0 spiro atoms. The number of hydrogen-bond donors (Lipinski definition) is 2. The van der Waals surface area contributed by atoms with E-state index < -0.39 is 0 Å². The average molecular weight is 295 g/mol. The highest BCUT2D eigenvalue weighted by atomic mass is 16.2. The maximum absolute atomic E-state index is 11.9. The van der Waals surface area contributed by atoms with Crippen LogP contribution in [0.3, 0.4) is 0 Å². The summed E-state index contributed by atoms with van der Waals surface area (Å²) in [5.74, 6) is 0.136. The summed E-state index contributed by atoms with van der Waals surface area (Å²) in [5.41, 5.74) is 0.791. The van der Waals surface area contributed by atoms with Crippen molar-refractivity contribution in [3.05, 3.63) is 11.6 Å². The van der Waals surface area contributed by atoms with Crippen LogP contribution in [-0.2, 0) is 9.59 Å². The number of nitrogens with one attached hydrogen (secondary N) is 2. The normalized spacial score (nSPS) is 17.6. The first kappa shape index (κ1) is 17.7. The molecule has 21 heavy (non-hydrogen) atoms. The van der Waals surface area contributed by atoms with Gasteiger partial charge in [0.05, 0.1) is 6.54 Å². The second-order valence-electron chi connectivity index (χ2n) is 5.67. The third kappa shape index (κ3) is 6.76. The fourth-order valence-corrected chi connectivity index (χ4v) is 2.46. The molecule has 0 atom stereocenters. The maximum Gasteiger partial charge on any atom is 0.246 e. The zero-order valence-electron chi connectivity index (χ0n) is 13.6. The molecule has 2 N–H and O–H groups in total. The summed E-state index contributed by atoms with van der Waals surface area (Å²) in [6.45, 7) is 8.86. The molecule has 120 valence electrons. The number of piperidine rings is 1. The highest BCUT2D eigenvalue weighted by Gasteiger charge is 2.22. The molecule has 0 aromatic heterocycles. The molecule has 1 aliphatic rings. The van der Waals surface area contributed by atoms with Crippen LogP contribution in [0.2, 0.25) is 0 Å². The van der Waals surface area contributed by atoms with Crippen LogP contribution in [0.15, 0.2) is 11.6 Å². The van der Waals surface area contributed by atoms with Gasteiger partial charge >= 0.3 is 0 Å². The van der Waals surface area contributed by atoms with Crippen molar-refractivity contribution in [1.82, 2.24) is 15.5 Å². The van der Waals surface area contributed by atoms with Crippen LogP contribution in [0.25, 0.3) is 0 Å². The van der Waals surface area contributed by atoms with Crippen molar-refractivity contribution in [3.63, 3.8) is 0 Å². The van der Waals surface area contributed by atoms with E-state index in [1.807, 2.05) is 26.8 Å². The fourth-order valence-electron chi connectivity index (χ4n) is 2.46. The van der Waals surface area contributed by atoms with Gasteiger partial charge < -0.3 is 10.6 Å². The number of hydrogen-bond acceptors (Lipinski definition) is 3. The number of likely N-dealkylation sites (tertiary alicyclic amines) is 1. The monoisotopic (exact) mass is 295 g/mol. The van der Waals surface area contributed by atoms with Crippen molar-refractivity contribution >= 4 is 11.8 Å². The van der Waals surface area contributed by atoms with Crippen molar-refractivity contribution in [2.75, 3.05) is 26.2 Å². The Balaban J connectivity index is 2.27. The summed E-state index contributed by atoms with van der Waals surface area (Å²) < 4.78 is 0. The second-order valence-corrected chi connectivity index (χ2v) is 5.67. The van der Waals surface area contributed by atoms with Crippen molar-refractivity contribution < 1.29 is 9.59 Å². The van der Waals surface area contributed by atoms with Crippen LogP contribution in [0.5, 0.6) is 0 Å². The molecule has 1 rings (SSSR count). The van der Waals surface area contributed by atoms with Gasteiger partial charge in [0.15, 0.2) is 0 Å². The van der Waals surface area contributed by atoms with Crippen molar-refractivity contribution in [1.29, 1.82) is 0 Å². The van der Waals surface area contributed by atoms with Crippen LogP contribution in [0.1, 0.15) is 46.5 Å². The van der Waals surface area contributed by atoms with Crippen molar-refractivity contribution in [2.45, 2.75) is 52.5 Å². The minimum absolute atomic E-state index is 0.0380. The SMILES string of the molecule is CC/C=C(\C)C(=O)NC1CCN(CC(=O)NCCC)CC1. The highest BCUT2D eigenvalue weighted by molar-refractivity contribution is 5.92. The van der Waals surface area contributed by atoms with Gasteiger partial charge in [-0.15, -0.1) is 0 Å². The molecule has 1 heterocycles. The fraction of sp³-hybridized carbons (Fsp3) is 0.750. The van der Waals surface area contributed by atoms with E-state index in [0.717, 1.165) is 50.9 Å². The summed E-state index contributed by atoms with van der Waals surface area (Å²) in [5, 5.41) is 5.97. The average Bonchev–Trinajstić information content (AvgIpc) is 2.47. The summed E-state index contributed by atoms with van der Waals surface area (Å²) in [7, 11) is 0. The Bertz CT molecular complexity index is 372. The Morgan fingerprint density at radius 3 is 2.48 bits per heavy atom. The minimum atomic E-state index is 0.0380. The first-order chi connectivity index (χ1) is 10.1. The van der Waals surface area contributed by atoms with E-state index in [1.54, 1.807) is 0 Å². The molecule has 1 saturated heterocycles. The quantitative estimate of drug-likeness (QED) is 0.699. The molecule has 0 radical (unpaired) electrons. The van der Waals surface area contributed by atoms with Gasteiger partial charge in [0, 0.05) is 31.2 Å². The molecule has 5 heteroatoms. The van der Waals surface area contributed by atoms with Crippen LogP contribution in [-0.4, -0.2) is 48.9 Å². The number of amides is 2. The van der Waals surface area contributed by atoms with Crippen LogP contribution in [0.4, 0.5) is 0 Å². The third-order valence-corrected chi connectivity index (χ3v) is 3.73. The van der Waals surface area contributed by atoms with Crippen LogP contribution < -0.4 is 10.6 Å². The Labute approximate surface area is 128 Å². The van der Waals surface area contributed by atoms with E-state index in [0.29, 0.717) is 6.54 Å². The number of nitrogens with zero attached hydrogens (tertiary/aromatic N) is 1. The highest BCUT2D eigenvalue weighted by Crippen LogP contribution is 2.10. The van der Waals surface area contributed by atoms with Gasteiger partial charge in [0.25, 0.3) is 0 Å². The lowest BCUT2D eigenvalue weighted by Crippen LogP contribution is -2.47. The van der Waals surface area contributed by atoms with E-state index in [-0.39, 0.29) is 17.9 Å². The summed E-state index contributed by atoms with van der Waals surface area (Å²) in [6.07, 6.45) is 5.61. The molecular formula is C16H29N3O2. The number of carbonyl (C=O) groups is 2. The lowest BCUT2D eigenvalue weighted by atomic mass is 10.0. The number of carbonyl (C=O) groups excluding carboxylic acids is 2. The summed E-state index contributed by atoms with van der Waals surface area (Å²) in [4.78, 5) is 25.7. The van der Waals surface area contributed by atoms with Gasteiger partial charge in [-0.2, -0.15) is 0 Å². The number of allylic oxidation sites excluding steroid dienone is 1. The lowest BCUT2D eigenvalue weighted by Gasteiger charge is -2.31. The zero-order valence-corrected chi connectivity index (χ0v) is 13.6. The minimum Gasteiger partial charge on any atom is -0.355 e. The lowest BCUT2D eigenvalue weighted by molar-refractivity contribution is -0.123. The largest absolute Gasteiger partial charge is 0.355 e. The molecule has 0 aromatic carbocycles. The van der Waals surface area contributed by atoms with Gasteiger partial charge in [0.2, 0.25) is 11.8 Å². The van der Waals surface area contributed by atoms with Crippen LogP contribution in [0, 0.1) is 0 Å². The molecule has 0 saturated carbocycles. The molecule has 0 aliphatic carbocycles. The third-order valence-electron chi connectivity index (χ3n) is 3.73. The molecule has 2 amide bonds. The molecule has 0 unspecified atom stereocenters. The smallest absolute Gasteiger partial charge is 0.246 e. The summed E-state index contributed by atoms with van der Waals surface area (Å²) >= 11 is 0. The first-order valence-electron chi connectivity index (χ1n) is 8.03. The van der Waals surface area contributed by atoms with E-state index in [9.17, 15) is 9.59 Å². The predicted molar refractivity (Wildman–Crippen MR) is 85.0 cm³/mol. The van der Waals surface area contributed by atoms with E-state index >= 15 is 0 Å². The molecule has 0 bridgehead atoms. The molecule has 5 nitrogen and oxygen atoms in total. The van der Waals surface area contributed by atoms with Gasteiger partial charge in [-0.25, -0.2) is 0 Å². The Kier molecular flexibility index (Phi) is 8.05. The second kappa shape index (κ2) is 9.55. The zero-order chi connectivity index (χ0) is 15.7. The Morgan fingerprint density at radius 2 is 1.90 bits per heavy atom.